The fraction of sp³-hybridized carbons (Fsp3) is 0.286. The summed E-state index contributed by atoms with van der Waals surface area (Å²) in [6.45, 7) is 3.46. The first kappa shape index (κ1) is 12.2. The van der Waals surface area contributed by atoms with Crippen molar-refractivity contribution >= 4 is 22.9 Å². The van der Waals surface area contributed by atoms with Gasteiger partial charge in [-0.15, -0.1) is 11.3 Å². The fourth-order valence-electron chi connectivity index (χ4n) is 2.20. The number of anilines is 1. The highest BCUT2D eigenvalue weighted by Gasteiger charge is 2.13. The molecule has 98 valence electrons. The van der Waals surface area contributed by atoms with Gasteiger partial charge in [-0.3, -0.25) is 4.79 Å². The van der Waals surface area contributed by atoms with E-state index in [-0.39, 0.29) is 5.91 Å². The molecular weight excluding hydrogens is 258 g/mol. The number of thiazole rings is 1. The third kappa shape index (κ3) is 2.61. The number of carbonyl (C=O) groups is 1. The van der Waals surface area contributed by atoms with Crippen molar-refractivity contribution < 1.29 is 4.79 Å². The van der Waals surface area contributed by atoms with Gasteiger partial charge in [0, 0.05) is 28.9 Å². The molecule has 0 fully saturated rings. The second-order valence-corrected chi connectivity index (χ2v) is 5.90. The third-order valence-corrected chi connectivity index (χ3v) is 4.08. The lowest BCUT2D eigenvalue weighted by Gasteiger charge is -2.05. The summed E-state index contributed by atoms with van der Waals surface area (Å²) in [7, 11) is 0. The number of hydrogen-bond donors (Lipinski definition) is 2. The molecule has 3 rings (SSSR count). The molecule has 0 saturated carbocycles. The standard InChI is InChI=1S/C14H15N3OS/c1-9-16-7-12(19-9)8-17-14(18)11-2-3-13-10(6-11)4-5-15-13/h2-3,6-7,15H,4-5,8H2,1H3,(H,17,18). The van der Waals surface area contributed by atoms with Crippen LogP contribution in [-0.4, -0.2) is 17.4 Å². The number of amides is 1. The molecule has 2 N–H and O–H groups in total. The average Bonchev–Trinajstić information content (AvgIpc) is 3.03. The van der Waals surface area contributed by atoms with Crippen molar-refractivity contribution in [2.24, 2.45) is 0 Å². The predicted molar refractivity (Wildman–Crippen MR) is 76.7 cm³/mol. The quantitative estimate of drug-likeness (QED) is 0.902. The molecule has 0 atom stereocenters. The molecule has 1 aromatic heterocycles. The number of nitrogens with zero attached hydrogens (tertiary/aromatic N) is 1. The highest BCUT2D eigenvalue weighted by Crippen LogP contribution is 2.23. The summed E-state index contributed by atoms with van der Waals surface area (Å²) in [6, 6.07) is 5.82. The normalized spacial score (nSPS) is 12.9. The second kappa shape index (κ2) is 5.01. The minimum atomic E-state index is -0.0271. The van der Waals surface area contributed by atoms with Crippen LogP contribution in [0.1, 0.15) is 25.8 Å². The maximum atomic E-state index is 12.1. The Morgan fingerprint density at radius 1 is 1.53 bits per heavy atom. The molecule has 1 amide bonds. The molecule has 4 nitrogen and oxygen atoms in total. The van der Waals surface area contributed by atoms with E-state index in [2.05, 4.69) is 15.6 Å². The van der Waals surface area contributed by atoms with Crippen molar-refractivity contribution in [1.82, 2.24) is 10.3 Å². The summed E-state index contributed by atoms with van der Waals surface area (Å²) in [4.78, 5) is 17.3. The second-order valence-electron chi connectivity index (χ2n) is 4.58. The summed E-state index contributed by atoms with van der Waals surface area (Å²) < 4.78 is 0. The summed E-state index contributed by atoms with van der Waals surface area (Å²) >= 11 is 1.61. The zero-order chi connectivity index (χ0) is 13.2. The molecule has 5 heteroatoms. The van der Waals surface area contributed by atoms with Crippen molar-refractivity contribution in [1.29, 1.82) is 0 Å². The maximum Gasteiger partial charge on any atom is 0.251 e. The Hall–Kier alpha value is -1.88. The first-order valence-corrected chi connectivity index (χ1v) is 7.10. The monoisotopic (exact) mass is 273 g/mol. The predicted octanol–water partition coefficient (Wildman–Crippen LogP) is 2.35. The van der Waals surface area contributed by atoms with Gasteiger partial charge >= 0.3 is 0 Å². The molecule has 1 aromatic carbocycles. The third-order valence-electron chi connectivity index (χ3n) is 3.17. The topological polar surface area (TPSA) is 54.0 Å². The largest absolute Gasteiger partial charge is 0.384 e. The van der Waals surface area contributed by atoms with E-state index in [1.807, 2.05) is 31.3 Å². The number of aryl methyl sites for hydroxylation is 1. The lowest BCUT2D eigenvalue weighted by molar-refractivity contribution is 0.0951. The van der Waals surface area contributed by atoms with E-state index in [0.29, 0.717) is 6.54 Å². The molecule has 0 radical (unpaired) electrons. The van der Waals surface area contributed by atoms with Gasteiger partial charge in [0.1, 0.15) is 0 Å². The number of benzene rings is 1. The Balaban J connectivity index is 1.67. The molecule has 0 saturated heterocycles. The number of hydrogen-bond acceptors (Lipinski definition) is 4. The molecule has 0 spiro atoms. The van der Waals surface area contributed by atoms with Crippen molar-refractivity contribution in [3.63, 3.8) is 0 Å². The zero-order valence-corrected chi connectivity index (χ0v) is 11.5. The van der Waals surface area contributed by atoms with Gasteiger partial charge in [-0.1, -0.05) is 0 Å². The van der Waals surface area contributed by atoms with Crippen molar-refractivity contribution in [2.45, 2.75) is 19.9 Å². The molecule has 1 aliphatic rings. The van der Waals surface area contributed by atoms with Gasteiger partial charge in [-0.2, -0.15) is 0 Å². The molecule has 0 bridgehead atoms. The van der Waals surface area contributed by atoms with Gasteiger partial charge in [-0.25, -0.2) is 4.98 Å². The van der Waals surface area contributed by atoms with Crippen molar-refractivity contribution in [2.75, 3.05) is 11.9 Å². The number of fused-ring (bicyclic) bond motifs is 1. The van der Waals surface area contributed by atoms with E-state index < -0.39 is 0 Å². The van der Waals surface area contributed by atoms with Gasteiger partial charge in [0.15, 0.2) is 0 Å². The molecule has 2 heterocycles. The van der Waals surface area contributed by atoms with E-state index in [0.717, 1.165) is 34.1 Å². The van der Waals surface area contributed by atoms with Gasteiger partial charge in [0.2, 0.25) is 0 Å². The Morgan fingerprint density at radius 3 is 3.21 bits per heavy atom. The van der Waals surface area contributed by atoms with Crippen LogP contribution in [0.2, 0.25) is 0 Å². The van der Waals surface area contributed by atoms with Crippen LogP contribution >= 0.6 is 11.3 Å². The zero-order valence-electron chi connectivity index (χ0n) is 10.7. The lowest BCUT2D eigenvalue weighted by Crippen LogP contribution is -2.22. The van der Waals surface area contributed by atoms with Crippen LogP contribution in [0.15, 0.2) is 24.4 Å². The Morgan fingerprint density at radius 2 is 2.42 bits per heavy atom. The van der Waals surface area contributed by atoms with Crippen LogP contribution in [-0.2, 0) is 13.0 Å². The van der Waals surface area contributed by atoms with E-state index in [1.165, 1.54) is 5.56 Å². The van der Waals surface area contributed by atoms with E-state index in [4.69, 9.17) is 0 Å². The lowest BCUT2D eigenvalue weighted by atomic mass is 10.1. The summed E-state index contributed by atoms with van der Waals surface area (Å²) in [6.07, 6.45) is 2.80. The maximum absolute atomic E-state index is 12.1. The van der Waals surface area contributed by atoms with Crippen molar-refractivity contribution in [3.05, 3.63) is 45.4 Å². The Kier molecular flexibility index (Phi) is 3.21. The van der Waals surface area contributed by atoms with Gasteiger partial charge in [0.25, 0.3) is 5.91 Å². The molecule has 0 unspecified atom stereocenters. The smallest absolute Gasteiger partial charge is 0.251 e. The molecule has 19 heavy (non-hydrogen) atoms. The summed E-state index contributed by atoms with van der Waals surface area (Å²) in [5, 5.41) is 7.24. The number of nitrogens with one attached hydrogen (secondary N) is 2. The van der Waals surface area contributed by atoms with Crippen LogP contribution in [0.4, 0.5) is 5.69 Å². The molecule has 2 aromatic rings. The van der Waals surface area contributed by atoms with Gasteiger partial charge < -0.3 is 10.6 Å². The van der Waals surface area contributed by atoms with Gasteiger partial charge in [0.05, 0.1) is 11.6 Å². The molecule has 1 aliphatic heterocycles. The molecule has 0 aliphatic carbocycles. The average molecular weight is 273 g/mol. The van der Waals surface area contributed by atoms with Crippen LogP contribution in [0.25, 0.3) is 0 Å². The minimum Gasteiger partial charge on any atom is -0.384 e. The van der Waals surface area contributed by atoms with E-state index in [1.54, 1.807) is 11.3 Å². The number of rotatable bonds is 3. The highest BCUT2D eigenvalue weighted by atomic mass is 32.1. The van der Waals surface area contributed by atoms with Crippen LogP contribution in [0, 0.1) is 6.92 Å². The van der Waals surface area contributed by atoms with Crippen LogP contribution in [0.5, 0.6) is 0 Å². The number of carbonyl (C=O) groups excluding carboxylic acids is 1. The highest BCUT2D eigenvalue weighted by molar-refractivity contribution is 7.11. The summed E-state index contributed by atoms with van der Waals surface area (Å²) in [5.74, 6) is -0.0271. The van der Waals surface area contributed by atoms with E-state index in [9.17, 15) is 4.79 Å². The minimum absolute atomic E-state index is 0.0271. The first-order valence-electron chi connectivity index (χ1n) is 6.29. The van der Waals surface area contributed by atoms with Crippen LogP contribution < -0.4 is 10.6 Å². The Bertz CT molecular complexity index is 621. The molecular formula is C14H15N3OS. The van der Waals surface area contributed by atoms with Crippen molar-refractivity contribution in [3.8, 4) is 0 Å². The van der Waals surface area contributed by atoms with E-state index >= 15 is 0 Å². The SMILES string of the molecule is Cc1ncc(CNC(=O)c2ccc3c(c2)CCN3)s1. The fourth-order valence-corrected chi connectivity index (χ4v) is 2.94. The first-order chi connectivity index (χ1) is 9.22. The Labute approximate surface area is 115 Å². The van der Waals surface area contributed by atoms with Crippen LogP contribution in [0.3, 0.4) is 0 Å². The van der Waals surface area contributed by atoms with Gasteiger partial charge in [-0.05, 0) is 37.1 Å². The summed E-state index contributed by atoms with van der Waals surface area (Å²) in [5.41, 5.74) is 3.10. The number of aromatic nitrogens is 1.